The molecule has 0 spiro atoms. The van der Waals surface area contributed by atoms with Crippen molar-refractivity contribution in [2.45, 2.75) is 32.4 Å². The predicted octanol–water partition coefficient (Wildman–Crippen LogP) is 3.92. The highest BCUT2D eigenvalue weighted by molar-refractivity contribution is 6.30. The minimum atomic E-state index is -0.754. The van der Waals surface area contributed by atoms with Crippen LogP contribution in [0, 0.1) is 0 Å². The fraction of sp³-hybridized carbons (Fsp3) is 0.300. The minimum absolute atomic E-state index is 0.248. The fourth-order valence-corrected chi connectivity index (χ4v) is 2.53. The largest absolute Gasteiger partial charge is 0.479 e. The molecule has 26 heavy (non-hydrogen) atoms. The summed E-state index contributed by atoms with van der Waals surface area (Å²) in [6.45, 7) is 3.29. The molecule has 0 bridgehead atoms. The Morgan fingerprint density at radius 3 is 2.50 bits per heavy atom. The van der Waals surface area contributed by atoms with Crippen LogP contribution in [0.5, 0.6) is 5.75 Å². The van der Waals surface area contributed by atoms with Crippen LogP contribution in [0.15, 0.2) is 54.6 Å². The molecule has 1 N–H and O–H groups in total. The van der Waals surface area contributed by atoms with E-state index in [1.165, 1.54) is 0 Å². The van der Waals surface area contributed by atoms with E-state index in [2.05, 4.69) is 5.32 Å². The zero-order valence-electron chi connectivity index (χ0n) is 14.8. The Bertz CT molecular complexity index is 736. The van der Waals surface area contributed by atoms with Crippen molar-refractivity contribution in [3.05, 3.63) is 65.2 Å². The quantitative estimate of drug-likeness (QED) is 0.710. The van der Waals surface area contributed by atoms with Gasteiger partial charge in [-0.3, -0.25) is 4.79 Å². The van der Waals surface area contributed by atoms with E-state index >= 15 is 0 Å². The van der Waals surface area contributed by atoms with Gasteiger partial charge in [-0.2, -0.15) is 0 Å². The maximum Gasteiger partial charge on any atom is 0.347 e. The van der Waals surface area contributed by atoms with E-state index in [4.69, 9.17) is 21.1 Å². The molecule has 6 heteroatoms. The van der Waals surface area contributed by atoms with Crippen LogP contribution < -0.4 is 10.1 Å². The molecule has 0 saturated carbocycles. The summed E-state index contributed by atoms with van der Waals surface area (Å²) in [4.78, 5) is 24.2. The lowest BCUT2D eigenvalue weighted by Gasteiger charge is -2.17. The average molecular weight is 376 g/mol. The molecular weight excluding hydrogens is 354 g/mol. The number of hydrogen-bond acceptors (Lipinski definition) is 4. The van der Waals surface area contributed by atoms with E-state index in [9.17, 15) is 9.59 Å². The number of para-hydroxylation sites is 1. The molecule has 0 aromatic heterocycles. The van der Waals surface area contributed by atoms with Gasteiger partial charge < -0.3 is 14.8 Å². The molecule has 138 valence electrons. The summed E-state index contributed by atoms with van der Waals surface area (Å²) < 4.78 is 10.7. The lowest BCUT2D eigenvalue weighted by molar-refractivity contribution is -0.155. The monoisotopic (exact) mass is 375 g/mol. The van der Waals surface area contributed by atoms with Gasteiger partial charge in [0, 0.05) is 5.02 Å². The van der Waals surface area contributed by atoms with Crippen LogP contribution in [-0.2, 0) is 14.3 Å². The summed E-state index contributed by atoms with van der Waals surface area (Å²) in [5.74, 6) is -0.377. The summed E-state index contributed by atoms with van der Waals surface area (Å²) in [6, 6.07) is 16.0. The lowest BCUT2D eigenvalue weighted by atomic mass is 10.1. The molecular formula is C20H22ClNO4. The van der Waals surface area contributed by atoms with Crippen molar-refractivity contribution in [1.29, 1.82) is 0 Å². The molecule has 0 fully saturated rings. The van der Waals surface area contributed by atoms with Crippen LogP contribution in [-0.4, -0.2) is 24.6 Å². The second-order valence-corrected chi connectivity index (χ2v) is 6.22. The van der Waals surface area contributed by atoms with Gasteiger partial charge in [-0.15, -0.1) is 0 Å². The van der Waals surface area contributed by atoms with Crippen LogP contribution in [0.3, 0.4) is 0 Å². The lowest BCUT2D eigenvalue weighted by Crippen LogP contribution is -2.35. The summed E-state index contributed by atoms with van der Waals surface area (Å²) in [5, 5.41) is 3.37. The number of esters is 1. The highest BCUT2D eigenvalue weighted by atomic mass is 35.5. The van der Waals surface area contributed by atoms with Crippen LogP contribution >= 0.6 is 11.6 Å². The highest BCUT2D eigenvalue weighted by Gasteiger charge is 2.21. The van der Waals surface area contributed by atoms with E-state index < -0.39 is 12.1 Å². The van der Waals surface area contributed by atoms with Crippen molar-refractivity contribution < 1.29 is 19.1 Å². The molecule has 2 aromatic rings. The summed E-state index contributed by atoms with van der Waals surface area (Å²) in [6.07, 6.45) is -0.315. The second kappa shape index (κ2) is 9.82. The number of benzene rings is 2. The normalized spacial score (nSPS) is 12.7. The van der Waals surface area contributed by atoms with Gasteiger partial charge >= 0.3 is 5.97 Å². The van der Waals surface area contributed by atoms with Crippen molar-refractivity contribution in [3.8, 4) is 5.75 Å². The second-order valence-electron chi connectivity index (χ2n) is 5.78. The summed E-state index contributed by atoms with van der Waals surface area (Å²) in [7, 11) is 0. The third kappa shape index (κ3) is 6.08. The molecule has 2 atom stereocenters. The van der Waals surface area contributed by atoms with Gasteiger partial charge in [0.05, 0.1) is 6.04 Å². The Labute approximate surface area is 158 Å². The molecule has 0 aliphatic heterocycles. The molecule has 2 rings (SSSR count). The minimum Gasteiger partial charge on any atom is -0.479 e. The van der Waals surface area contributed by atoms with Gasteiger partial charge in [0.25, 0.3) is 5.91 Å². The Morgan fingerprint density at radius 2 is 1.85 bits per heavy atom. The zero-order chi connectivity index (χ0) is 18.9. The number of halogens is 1. The number of carbonyl (C=O) groups excluding carboxylic acids is 2. The molecule has 1 amide bonds. The van der Waals surface area contributed by atoms with Crippen LogP contribution in [0.2, 0.25) is 5.02 Å². The molecule has 0 saturated heterocycles. The van der Waals surface area contributed by atoms with Crippen molar-refractivity contribution in [2.24, 2.45) is 0 Å². The van der Waals surface area contributed by atoms with Crippen LogP contribution in [0.25, 0.3) is 0 Å². The maximum atomic E-state index is 12.1. The standard InChI is InChI=1S/C20H22ClNO4/c1-3-18(26-17-10-5-4-6-11-17)20(24)25-13-19(23)22-14(2)15-8-7-9-16(21)12-15/h4-12,14,18H,3,13H2,1-2H3,(H,22,23)/t14-,18+/m0/s1. The Balaban J connectivity index is 1.82. The van der Waals surface area contributed by atoms with E-state index in [1.807, 2.05) is 44.2 Å². The number of hydrogen-bond donors (Lipinski definition) is 1. The third-order valence-corrected chi connectivity index (χ3v) is 3.96. The van der Waals surface area contributed by atoms with Gasteiger partial charge in [0.2, 0.25) is 0 Å². The Morgan fingerprint density at radius 1 is 1.12 bits per heavy atom. The maximum absolute atomic E-state index is 12.1. The topological polar surface area (TPSA) is 64.6 Å². The smallest absolute Gasteiger partial charge is 0.347 e. The zero-order valence-corrected chi connectivity index (χ0v) is 15.5. The average Bonchev–Trinajstić information content (AvgIpc) is 2.65. The molecule has 0 unspecified atom stereocenters. The first-order valence-electron chi connectivity index (χ1n) is 8.42. The summed E-state index contributed by atoms with van der Waals surface area (Å²) >= 11 is 5.95. The third-order valence-electron chi connectivity index (χ3n) is 3.73. The number of ether oxygens (including phenoxy) is 2. The number of nitrogens with one attached hydrogen (secondary N) is 1. The molecule has 0 radical (unpaired) electrons. The highest BCUT2D eigenvalue weighted by Crippen LogP contribution is 2.17. The molecule has 0 aliphatic carbocycles. The fourth-order valence-electron chi connectivity index (χ4n) is 2.33. The van der Waals surface area contributed by atoms with E-state index in [-0.39, 0.29) is 18.6 Å². The van der Waals surface area contributed by atoms with Crippen LogP contribution in [0.1, 0.15) is 31.9 Å². The van der Waals surface area contributed by atoms with Crippen molar-refractivity contribution in [1.82, 2.24) is 5.32 Å². The molecule has 5 nitrogen and oxygen atoms in total. The van der Waals surface area contributed by atoms with Gasteiger partial charge in [0.15, 0.2) is 12.7 Å². The number of amides is 1. The number of carbonyl (C=O) groups is 2. The van der Waals surface area contributed by atoms with E-state index in [0.717, 1.165) is 5.56 Å². The van der Waals surface area contributed by atoms with E-state index in [0.29, 0.717) is 17.2 Å². The van der Waals surface area contributed by atoms with Crippen molar-refractivity contribution >= 4 is 23.5 Å². The first-order valence-corrected chi connectivity index (χ1v) is 8.80. The molecule has 0 heterocycles. The molecule has 0 aliphatic rings. The predicted molar refractivity (Wildman–Crippen MR) is 100 cm³/mol. The molecule has 2 aromatic carbocycles. The van der Waals surface area contributed by atoms with Crippen molar-refractivity contribution in [3.63, 3.8) is 0 Å². The van der Waals surface area contributed by atoms with Gasteiger partial charge in [0.1, 0.15) is 5.75 Å². The first-order chi connectivity index (χ1) is 12.5. The SMILES string of the molecule is CC[C@@H](Oc1ccccc1)C(=O)OCC(=O)N[C@@H](C)c1cccc(Cl)c1. The van der Waals surface area contributed by atoms with E-state index in [1.54, 1.807) is 24.3 Å². The Kier molecular flexibility index (Phi) is 7.48. The van der Waals surface area contributed by atoms with Gasteiger partial charge in [-0.1, -0.05) is 48.9 Å². The van der Waals surface area contributed by atoms with Gasteiger partial charge in [-0.25, -0.2) is 4.79 Å². The number of rotatable bonds is 8. The van der Waals surface area contributed by atoms with Gasteiger partial charge in [-0.05, 0) is 43.2 Å². The van der Waals surface area contributed by atoms with Crippen LogP contribution in [0.4, 0.5) is 0 Å². The first kappa shape index (κ1) is 19.8. The van der Waals surface area contributed by atoms with Crippen molar-refractivity contribution in [2.75, 3.05) is 6.61 Å². The summed E-state index contributed by atoms with van der Waals surface area (Å²) in [5.41, 5.74) is 0.871. The Hall–Kier alpha value is -2.53.